The fraction of sp³-hybridized carbons (Fsp3) is 0.250. The summed E-state index contributed by atoms with van der Waals surface area (Å²) in [4.78, 5) is 4.23. The predicted octanol–water partition coefficient (Wildman–Crippen LogP) is 2.69. The highest BCUT2D eigenvalue weighted by Crippen LogP contribution is 2.19. The monoisotopic (exact) mass is 233 g/mol. The Morgan fingerprint density at radius 3 is 3.06 bits per heavy atom. The predicted molar refractivity (Wildman–Crippen MR) is 69.9 cm³/mol. The summed E-state index contributed by atoms with van der Waals surface area (Å²) in [6.45, 7) is 2.92. The molecule has 16 heavy (non-hydrogen) atoms. The Hall–Kier alpha value is -1.55. The normalized spacial score (nSPS) is 10.3. The Labute approximate surface area is 99.3 Å². The lowest BCUT2D eigenvalue weighted by Crippen LogP contribution is -2.07. The molecule has 0 saturated heterocycles. The van der Waals surface area contributed by atoms with Crippen LogP contribution >= 0.6 is 11.3 Å². The Bertz CT molecular complexity index is 451. The molecule has 0 unspecified atom stereocenters. The Morgan fingerprint density at radius 1 is 1.44 bits per heavy atom. The number of aryl methyl sites for hydroxylation is 1. The molecule has 3 nitrogen and oxygen atoms in total. The van der Waals surface area contributed by atoms with Crippen LogP contribution < -0.4 is 11.1 Å². The van der Waals surface area contributed by atoms with Gasteiger partial charge in [0.1, 0.15) is 0 Å². The van der Waals surface area contributed by atoms with Crippen LogP contribution in [0.3, 0.4) is 0 Å². The molecule has 2 aromatic rings. The second-order valence-electron chi connectivity index (χ2n) is 3.75. The van der Waals surface area contributed by atoms with E-state index in [4.69, 9.17) is 5.73 Å². The fourth-order valence-corrected chi connectivity index (χ4v) is 2.10. The Morgan fingerprint density at radius 2 is 2.31 bits per heavy atom. The van der Waals surface area contributed by atoms with Crippen molar-refractivity contribution in [3.8, 4) is 0 Å². The number of thiazole rings is 1. The summed E-state index contributed by atoms with van der Waals surface area (Å²) in [5.74, 6) is 0. The number of anilines is 2. The topological polar surface area (TPSA) is 50.9 Å². The van der Waals surface area contributed by atoms with Crippen molar-refractivity contribution >= 4 is 22.7 Å². The first-order valence-electron chi connectivity index (χ1n) is 5.23. The SMILES string of the molecule is Cc1ccc(N)c(NCCc2cscn2)c1. The molecule has 0 aliphatic heterocycles. The van der Waals surface area contributed by atoms with Crippen LogP contribution in [-0.4, -0.2) is 11.5 Å². The minimum Gasteiger partial charge on any atom is -0.397 e. The molecule has 0 atom stereocenters. The molecule has 0 saturated carbocycles. The average molecular weight is 233 g/mol. The summed E-state index contributed by atoms with van der Waals surface area (Å²) in [5, 5.41) is 5.40. The summed E-state index contributed by atoms with van der Waals surface area (Å²) < 4.78 is 0. The molecule has 3 N–H and O–H groups in total. The fourth-order valence-electron chi connectivity index (χ4n) is 1.51. The highest BCUT2D eigenvalue weighted by atomic mass is 32.1. The van der Waals surface area contributed by atoms with Crippen molar-refractivity contribution in [2.75, 3.05) is 17.6 Å². The van der Waals surface area contributed by atoms with Gasteiger partial charge in [-0.05, 0) is 24.6 Å². The number of aromatic nitrogens is 1. The van der Waals surface area contributed by atoms with Crippen molar-refractivity contribution in [2.24, 2.45) is 0 Å². The van der Waals surface area contributed by atoms with Gasteiger partial charge in [-0.25, -0.2) is 4.98 Å². The maximum atomic E-state index is 5.87. The summed E-state index contributed by atoms with van der Waals surface area (Å²) in [6, 6.07) is 6.01. The lowest BCUT2D eigenvalue weighted by molar-refractivity contribution is 0.977. The molecule has 84 valence electrons. The van der Waals surface area contributed by atoms with Crippen molar-refractivity contribution in [2.45, 2.75) is 13.3 Å². The lowest BCUT2D eigenvalue weighted by atomic mass is 10.2. The largest absolute Gasteiger partial charge is 0.397 e. The third-order valence-electron chi connectivity index (χ3n) is 2.39. The molecule has 0 radical (unpaired) electrons. The average Bonchev–Trinajstić information content (AvgIpc) is 2.76. The van der Waals surface area contributed by atoms with Gasteiger partial charge in [0, 0.05) is 18.3 Å². The van der Waals surface area contributed by atoms with Crippen molar-refractivity contribution in [3.05, 3.63) is 40.3 Å². The van der Waals surface area contributed by atoms with E-state index >= 15 is 0 Å². The molecule has 4 heteroatoms. The first-order chi connectivity index (χ1) is 7.75. The zero-order chi connectivity index (χ0) is 11.4. The van der Waals surface area contributed by atoms with E-state index in [-0.39, 0.29) is 0 Å². The van der Waals surface area contributed by atoms with Gasteiger partial charge < -0.3 is 11.1 Å². The van der Waals surface area contributed by atoms with Gasteiger partial charge in [0.2, 0.25) is 0 Å². The summed E-state index contributed by atoms with van der Waals surface area (Å²) in [5.41, 5.74) is 11.9. The van der Waals surface area contributed by atoms with E-state index in [9.17, 15) is 0 Å². The van der Waals surface area contributed by atoms with Crippen molar-refractivity contribution < 1.29 is 0 Å². The van der Waals surface area contributed by atoms with E-state index < -0.39 is 0 Å². The second-order valence-corrected chi connectivity index (χ2v) is 4.47. The van der Waals surface area contributed by atoms with Gasteiger partial charge in [-0.1, -0.05) is 6.07 Å². The minimum absolute atomic E-state index is 0.795. The van der Waals surface area contributed by atoms with Crippen LogP contribution in [-0.2, 0) is 6.42 Å². The second kappa shape index (κ2) is 4.99. The molecule has 0 bridgehead atoms. The van der Waals surface area contributed by atoms with Crippen LogP contribution in [0.25, 0.3) is 0 Å². The molecule has 0 aliphatic rings. The standard InChI is InChI=1S/C12H15N3S/c1-9-2-3-11(13)12(6-9)14-5-4-10-7-16-8-15-10/h2-3,6-8,14H,4-5,13H2,1H3. The Balaban J connectivity index is 1.92. The van der Waals surface area contributed by atoms with Gasteiger partial charge >= 0.3 is 0 Å². The Kier molecular flexibility index (Phi) is 3.41. The maximum Gasteiger partial charge on any atom is 0.0794 e. The van der Waals surface area contributed by atoms with Crippen molar-refractivity contribution in [1.82, 2.24) is 4.98 Å². The van der Waals surface area contributed by atoms with Crippen molar-refractivity contribution in [1.29, 1.82) is 0 Å². The molecular weight excluding hydrogens is 218 g/mol. The first-order valence-corrected chi connectivity index (χ1v) is 6.17. The minimum atomic E-state index is 0.795. The molecule has 0 amide bonds. The number of rotatable bonds is 4. The molecule has 1 heterocycles. The molecule has 0 fully saturated rings. The van der Waals surface area contributed by atoms with E-state index in [1.165, 1.54) is 5.56 Å². The van der Waals surface area contributed by atoms with Crippen LogP contribution in [0.15, 0.2) is 29.1 Å². The number of nitrogen functional groups attached to an aromatic ring is 1. The van der Waals surface area contributed by atoms with Crippen LogP contribution in [0, 0.1) is 6.92 Å². The quantitative estimate of drug-likeness (QED) is 0.798. The van der Waals surface area contributed by atoms with Gasteiger partial charge in [-0.3, -0.25) is 0 Å². The van der Waals surface area contributed by atoms with E-state index in [1.807, 2.05) is 17.6 Å². The van der Waals surface area contributed by atoms with Gasteiger partial charge in [0.15, 0.2) is 0 Å². The maximum absolute atomic E-state index is 5.87. The zero-order valence-electron chi connectivity index (χ0n) is 9.23. The van der Waals surface area contributed by atoms with Crippen LogP contribution in [0.5, 0.6) is 0 Å². The van der Waals surface area contributed by atoms with E-state index in [1.54, 1.807) is 11.3 Å². The van der Waals surface area contributed by atoms with Gasteiger partial charge in [0.05, 0.1) is 22.6 Å². The van der Waals surface area contributed by atoms with Crippen molar-refractivity contribution in [3.63, 3.8) is 0 Å². The van der Waals surface area contributed by atoms with E-state index in [2.05, 4.69) is 28.7 Å². The number of hydrogen-bond acceptors (Lipinski definition) is 4. The van der Waals surface area contributed by atoms with E-state index in [0.717, 1.165) is 30.0 Å². The summed E-state index contributed by atoms with van der Waals surface area (Å²) >= 11 is 1.63. The number of hydrogen-bond donors (Lipinski definition) is 2. The number of nitrogens with one attached hydrogen (secondary N) is 1. The number of nitrogens with two attached hydrogens (primary N) is 1. The molecule has 1 aromatic heterocycles. The lowest BCUT2D eigenvalue weighted by Gasteiger charge is -2.09. The molecule has 1 aromatic carbocycles. The molecule has 0 spiro atoms. The highest BCUT2D eigenvalue weighted by molar-refractivity contribution is 7.07. The first kappa shape index (κ1) is 11.0. The highest BCUT2D eigenvalue weighted by Gasteiger charge is 1.99. The van der Waals surface area contributed by atoms with Gasteiger partial charge in [-0.2, -0.15) is 0 Å². The molecule has 2 rings (SSSR count). The third-order valence-corrected chi connectivity index (χ3v) is 3.02. The van der Waals surface area contributed by atoms with Gasteiger partial charge in [0.25, 0.3) is 0 Å². The molecular formula is C12H15N3S. The number of benzene rings is 1. The van der Waals surface area contributed by atoms with Crippen LogP contribution in [0.1, 0.15) is 11.3 Å². The summed E-state index contributed by atoms with van der Waals surface area (Å²) in [7, 11) is 0. The van der Waals surface area contributed by atoms with E-state index in [0.29, 0.717) is 0 Å². The zero-order valence-corrected chi connectivity index (χ0v) is 10.1. The third kappa shape index (κ3) is 2.73. The number of nitrogens with zero attached hydrogens (tertiary/aromatic N) is 1. The summed E-state index contributed by atoms with van der Waals surface area (Å²) in [6.07, 6.45) is 0.927. The molecule has 0 aliphatic carbocycles. The smallest absolute Gasteiger partial charge is 0.0794 e. The van der Waals surface area contributed by atoms with Crippen LogP contribution in [0.4, 0.5) is 11.4 Å². The van der Waals surface area contributed by atoms with Gasteiger partial charge in [-0.15, -0.1) is 11.3 Å². The van der Waals surface area contributed by atoms with Crippen LogP contribution in [0.2, 0.25) is 0 Å².